The van der Waals surface area contributed by atoms with E-state index in [-0.39, 0.29) is 0 Å². The summed E-state index contributed by atoms with van der Waals surface area (Å²) in [5.74, 6) is 0.888. The van der Waals surface area contributed by atoms with Crippen molar-refractivity contribution in [3.05, 3.63) is 59.7 Å². The van der Waals surface area contributed by atoms with Gasteiger partial charge in [-0.1, -0.05) is 24.3 Å². The van der Waals surface area contributed by atoms with E-state index >= 15 is 0 Å². The summed E-state index contributed by atoms with van der Waals surface area (Å²) in [5.41, 5.74) is 2.57. The second kappa shape index (κ2) is 8.30. The maximum absolute atomic E-state index is 11.5. The van der Waals surface area contributed by atoms with Crippen molar-refractivity contribution in [3.63, 3.8) is 0 Å². The van der Waals surface area contributed by atoms with Gasteiger partial charge in [0.1, 0.15) is 23.7 Å². The Kier molecular flexibility index (Phi) is 6.14. The number of carbonyl (C=O) groups excluding carboxylic acids is 1. The summed E-state index contributed by atoms with van der Waals surface area (Å²) in [6.07, 6.45) is 1.49. The molecule has 25 heavy (non-hydrogen) atoms. The fraction of sp³-hybridized carbons (Fsp3) is 0.263. The van der Waals surface area contributed by atoms with Crippen molar-refractivity contribution in [2.75, 3.05) is 7.11 Å². The van der Waals surface area contributed by atoms with E-state index in [0.29, 0.717) is 12.4 Å². The molecule has 6 heteroatoms. The number of benzene rings is 2. The number of aliphatic hydroxyl groups is 1. The number of nitrogens with one attached hydrogen (secondary N) is 1. The molecule has 2 aromatic rings. The molecule has 0 aliphatic heterocycles. The van der Waals surface area contributed by atoms with Gasteiger partial charge in [0.05, 0.1) is 13.3 Å². The number of methoxy groups -OCH3 is 1. The lowest BCUT2D eigenvalue weighted by atomic mass is 10.1. The first kappa shape index (κ1) is 18.5. The second-order valence-electron chi connectivity index (χ2n) is 5.97. The van der Waals surface area contributed by atoms with Crippen LogP contribution < -0.4 is 14.9 Å². The van der Waals surface area contributed by atoms with Crippen molar-refractivity contribution in [1.29, 1.82) is 0 Å². The molecule has 2 rings (SSSR count). The van der Waals surface area contributed by atoms with Crippen LogP contribution in [0, 0.1) is 0 Å². The molecule has 0 aliphatic carbocycles. The summed E-state index contributed by atoms with van der Waals surface area (Å²) in [6.45, 7) is 3.20. The lowest BCUT2D eigenvalue weighted by Gasteiger charge is -2.13. The van der Waals surface area contributed by atoms with Gasteiger partial charge in [0.2, 0.25) is 0 Å². The number of ether oxygens (including phenoxy) is 2. The van der Waals surface area contributed by atoms with E-state index in [1.165, 1.54) is 20.1 Å². The fourth-order valence-corrected chi connectivity index (χ4v) is 1.92. The minimum Gasteiger partial charge on any atom is -0.497 e. The summed E-state index contributed by atoms with van der Waals surface area (Å²) in [4.78, 5) is 11.5. The smallest absolute Gasteiger partial charge is 0.271 e. The van der Waals surface area contributed by atoms with Gasteiger partial charge < -0.3 is 14.6 Å². The van der Waals surface area contributed by atoms with Crippen LogP contribution in [0.15, 0.2) is 53.6 Å². The number of rotatable bonds is 7. The van der Waals surface area contributed by atoms with E-state index in [1.807, 2.05) is 42.5 Å². The molecule has 0 heterocycles. The molecule has 0 bridgehead atoms. The number of hydrazone groups is 1. The minimum absolute atomic E-state index is 0.410. The molecular weight excluding hydrogens is 320 g/mol. The summed E-state index contributed by atoms with van der Waals surface area (Å²) in [6, 6.07) is 15.0. The van der Waals surface area contributed by atoms with Crippen LogP contribution in [0.1, 0.15) is 25.0 Å². The van der Waals surface area contributed by atoms with E-state index < -0.39 is 11.5 Å². The molecule has 0 spiro atoms. The third kappa shape index (κ3) is 5.93. The fourth-order valence-electron chi connectivity index (χ4n) is 1.92. The highest BCUT2D eigenvalue weighted by molar-refractivity contribution is 5.86. The highest BCUT2D eigenvalue weighted by Gasteiger charge is 2.22. The zero-order valence-electron chi connectivity index (χ0n) is 14.5. The number of amides is 1. The van der Waals surface area contributed by atoms with Crippen molar-refractivity contribution >= 4 is 12.1 Å². The van der Waals surface area contributed by atoms with Gasteiger partial charge in [-0.25, -0.2) is 5.43 Å². The van der Waals surface area contributed by atoms with Crippen molar-refractivity contribution in [2.24, 2.45) is 5.10 Å². The Hall–Kier alpha value is -2.86. The molecule has 0 unspecified atom stereocenters. The molecule has 0 radical (unpaired) electrons. The van der Waals surface area contributed by atoms with Crippen molar-refractivity contribution in [1.82, 2.24) is 5.43 Å². The zero-order chi connectivity index (χ0) is 18.3. The van der Waals surface area contributed by atoms with E-state index in [4.69, 9.17) is 9.47 Å². The molecule has 2 aromatic carbocycles. The number of hydrogen-bond donors (Lipinski definition) is 2. The Balaban J connectivity index is 1.95. The lowest BCUT2D eigenvalue weighted by molar-refractivity contribution is -0.136. The lowest BCUT2D eigenvalue weighted by Crippen LogP contribution is -2.39. The Morgan fingerprint density at radius 1 is 1.20 bits per heavy atom. The first-order valence-corrected chi connectivity index (χ1v) is 7.80. The molecular formula is C19H22N2O4. The van der Waals surface area contributed by atoms with E-state index in [0.717, 1.165) is 16.9 Å². The van der Waals surface area contributed by atoms with Crippen LogP contribution in [0.2, 0.25) is 0 Å². The quantitative estimate of drug-likeness (QED) is 0.598. The molecule has 6 nitrogen and oxygen atoms in total. The van der Waals surface area contributed by atoms with Crippen LogP contribution in [-0.4, -0.2) is 29.9 Å². The van der Waals surface area contributed by atoms with E-state index in [1.54, 1.807) is 13.2 Å². The molecule has 1 amide bonds. The number of nitrogens with zero attached hydrogens (tertiary/aromatic N) is 1. The van der Waals surface area contributed by atoms with Crippen molar-refractivity contribution in [3.8, 4) is 11.5 Å². The van der Waals surface area contributed by atoms with Crippen LogP contribution in [0.3, 0.4) is 0 Å². The third-order valence-corrected chi connectivity index (χ3v) is 3.33. The second-order valence-corrected chi connectivity index (χ2v) is 5.97. The minimum atomic E-state index is -1.47. The van der Waals surface area contributed by atoms with Crippen molar-refractivity contribution in [2.45, 2.75) is 26.1 Å². The zero-order valence-corrected chi connectivity index (χ0v) is 14.5. The molecule has 0 atom stereocenters. The SMILES string of the molecule is COc1cccc(COc2cccc(/C=N/NC(=O)C(C)(C)O)c2)c1. The molecule has 0 fully saturated rings. The molecule has 2 N–H and O–H groups in total. The van der Waals surface area contributed by atoms with Crippen LogP contribution in [0.25, 0.3) is 0 Å². The Morgan fingerprint density at radius 3 is 2.64 bits per heavy atom. The van der Waals surface area contributed by atoms with Gasteiger partial charge in [-0.2, -0.15) is 5.10 Å². The standard InChI is InChI=1S/C19H22N2O4/c1-19(2,23)18(22)21-20-12-14-6-4-9-17(10-14)25-13-15-7-5-8-16(11-15)24-3/h4-12,23H,13H2,1-3H3,(H,21,22)/b20-12+. The monoisotopic (exact) mass is 342 g/mol. The van der Waals surface area contributed by atoms with Crippen molar-refractivity contribution < 1.29 is 19.4 Å². The van der Waals surface area contributed by atoms with Gasteiger partial charge in [-0.3, -0.25) is 4.79 Å². The maximum atomic E-state index is 11.5. The normalized spacial score (nSPS) is 11.4. The van der Waals surface area contributed by atoms with Crippen LogP contribution in [0.4, 0.5) is 0 Å². The van der Waals surface area contributed by atoms with Crippen LogP contribution in [0.5, 0.6) is 11.5 Å². The summed E-state index contributed by atoms with van der Waals surface area (Å²) >= 11 is 0. The molecule has 0 saturated heterocycles. The number of hydrogen-bond acceptors (Lipinski definition) is 5. The van der Waals surface area contributed by atoms with Crippen LogP contribution >= 0.6 is 0 Å². The van der Waals surface area contributed by atoms with Gasteiger partial charge in [-0.05, 0) is 49.2 Å². The predicted octanol–water partition coefficient (Wildman–Crippen LogP) is 2.50. The summed E-state index contributed by atoms with van der Waals surface area (Å²) < 4.78 is 11.0. The summed E-state index contributed by atoms with van der Waals surface area (Å²) in [5, 5.41) is 13.4. The summed E-state index contributed by atoms with van der Waals surface area (Å²) in [7, 11) is 1.62. The van der Waals surface area contributed by atoms with Gasteiger partial charge >= 0.3 is 0 Å². The maximum Gasteiger partial charge on any atom is 0.271 e. The number of carbonyl (C=O) groups is 1. The predicted molar refractivity (Wildman–Crippen MR) is 95.8 cm³/mol. The average Bonchev–Trinajstić information content (AvgIpc) is 2.59. The van der Waals surface area contributed by atoms with Crippen LogP contribution in [-0.2, 0) is 11.4 Å². The third-order valence-electron chi connectivity index (χ3n) is 3.33. The van der Waals surface area contributed by atoms with Gasteiger partial charge in [0.15, 0.2) is 0 Å². The van der Waals surface area contributed by atoms with E-state index in [2.05, 4.69) is 10.5 Å². The first-order valence-electron chi connectivity index (χ1n) is 7.80. The van der Waals surface area contributed by atoms with Gasteiger partial charge in [-0.15, -0.1) is 0 Å². The topological polar surface area (TPSA) is 80.2 Å². The molecule has 0 aromatic heterocycles. The highest BCUT2D eigenvalue weighted by Crippen LogP contribution is 2.17. The first-order chi connectivity index (χ1) is 11.9. The molecule has 0 aliphatic rings. The molecule has 0 saturated carbocycles. The largest absolute Gasteiger partial charge is 0.497 e. The Morgan fingerprint density at radius 2 is 1.92 bits per heavy atom. The molecule has 132 valence electrons. The van der Waals surface area contributed by atoms with E-state index in [9.17, 15) is 9.90 Å². The Bertz CT molecular complexity index is 751. The highest BCUT2D eigenvalue weighted by atomic mass is 16.5. The average molecular weight is 342 g/mol. The van der Waals surface area contributed by atoms with Gasteiger partial charge in [0.25, 0.3) is 5.91 Å². The van der Waals surface area contributed by atoms with Gasteiger partial charge in [0, 0.05) is 0 Å². The Labute approximate surface area is 147 Å².